The molecule has 1 atom stereocenters. The van der Waals surface area contributed by atoms with E-state index in [1.165, 1.54) is 29.3 Å². The van der Waals surface area contributed by atoms with Gasteiger partial charge in [0.05, 0.1) is 0 Å². The van der Waals surface area contributed by atoms with Crippen molar-refractivity contribution in [2.75, 3.05) is 0 Å². The third kappa shape index (κ3) is 2.70. The van der Waals surface area contributed by atoms with Crippen LogP contribution in [-0.4, -0.2) is 4.57 Å². The molecule has 0 saturated heterocycles. The van der Waals surface area contributed by atoms with Crippen molar-refractivity contribution in [3.8, 4) is 0 Å². The van der Waals surface area contributed by atoms with Crippen LogP contribution in [0.5, 0.6) is 0 Å². The van der Waals surface area contributed by atoms with Crippen LogP contribution in [-0.2, 0) is 13.1 Å². The Balaban J connectivity index is 2.40. The Labute approximate surface area is 114 Å². The van der Waals surface area contributed by atoms with Crippen LogP contribution in [0.3, 0.4) is 0 Å². The zero-order valence-electron chi connectivity index (χ0n) is 11.1. The maximum Gasteiger partial charge on any atom is 0.0498 e. The smallest absolute Gasteiger partial charge is 0.0498 e. The first-order valence-corrected chi connectivity index (χ1v) is 7.00. The molecule has 0 amide bonds. The molecule has 2 nitrogen and oxygen atoms in total. The minimum Gasteiger partial charge on any atom is -0.347 e. The summed E-state index contributed by atoms with van der Waals surface area (Å²) in [6, 6.07) is 6.04. The van der Waals surface area contributed by atoms with Crippen LogP contribution in [0.15, 0.2) is 24.4 Å². The summed E-state index contributed by atoms with van der Waals surface area (Å²) in [5, 5.41) is 2.01. The maximum absolute atomic E-state index is 6.10. The topological polar surface area (TPSA) is 30.9 Å². The van der Waals surface area contributed by atoms with Crippen molar-refractivity contribution in [3.63, 3.8) is 0 Å². The Morgan fingerprint density at radius 2 is 2.17 bits per heavy atom. The SMILES string of the molecule is CCCC(C)Cn1cc(CN)c2ccc(Cl)cc21. The van der Waals surface area contributed by atoms with E-state index in [1.54, 1.807) is 0 Å². The van der Waals surface area contributed by atoms with Crippen molar-refractivity contribution < 1.29 is 0 Å². The Bertz CT molecular complexity index is 531. The van der Waals surface area contributed by atoms with Crippen molar-refractivity contribution in [2.24, 2.45) is 11.7 Å². The van der Waals surface area contributed by atoms with Crippen molar-refractivity contribution in [2.45, 2.75) is 39.8 Å². The Morgan fingerprint density at radius 3 is 2.83 bits per heavy atom. The maximum atomic E-state index is 6.10. The highest BCUT2D eigenvalue weighted by Gasteiger charge is 2.10. The van der Waals surface area contributed by atoms with Gasteiger partial charge < -0.3 is 10.3 Å². The molecule has 0 aliphatic rings. The largest absolute Gasteiger partial charge is 0.347 e. The van der Waals surface area contributed by atoms with Crippen LogP contribution < -0.4 is 5.73 Å². The summed E-state index contributed by atoms with van der Waals surface area (Å²) in [5.41, 5.74) is 8.21. The number of nitrogens with two attached hydrogens (primary N) is 1. The van der Waals surface area contributed by atoms with E-state index < -0.39 is 0 Å². The second kappa shape index (κ2) is 5.77. The van der Waals surface area contributed by atoms with Gasteiger partial charge in [-0.1, -0.05) is 37.9 Å². The average Bonchev–Trinajstić information content (AvgIpc) is 2.67. The molecule has 18 heavy (non-hydrogen) atoms. The molecule has 98 valence electrons. The van der Waals surface area contributed by atoms with Gasteiger partial charge in [0, 0.05) is 35.2 Å². The normalized spacial score (nSPS) is 13.1. The summed E-state index contributed by atoms with van der Waals surface area (Å²) in [6.07, 6.45) is 4.65. The first-order chi connectivity index (χ1) is 8.65. The number of halogens is 1. The van der Waals surface area contributed by atoms with Gasteiger partial charge >= 0.3 is 0 Å². The number of hydrogen-bond donors (Lipinski definition) is 1. The highest BCUT2D eigenvalue weighted by molar-refractivity contribution is 6.31. The van der Waals surface area contributed by atoms with E-state index in [4.69, 9.17) is 17.3 Å². The molecular formula is C15H21ClN2. The third-order valence-corrected chi connectivity index (χ3v) is 3.67. The molecule has 2 aromatic rings. The first kappa shape index (κ1) is 13.4. The lowest BCUT2D eigenvalue weighted by atomic mass is 10.1. The van der Waals surface area contributed by atoms with Gasteiger partial charge in [0.2, 0.25) is 0 Å². The van der Waals surface area contributed by atoms with E-state index in [2.05, 4.69) is 30.7 Å². The van der Waals surface area contributed by atoms with E-state index in [0.29, 0.717) is 12.5 Å². The lowest BCUT2D eigenvalue weighted by molar-refractivity contribution is 0.453. The number of hydrogen-bond acceptors (Lipinski definition) is 1. The Morgan fingerprint density at radius 1 is 1.39 bits per heavy atom. The van der Waals surface area contributed by atoms with Gasteiger partial charge in [-0.3, -0.25) is 0 Å². The molecule has 3 heteroatoms. The predicted molar refractivity (Wildman–Crippen MR) is 78.9 cm³/mol. The molecule has 1 aromatic carbocycles. The summed E-state index contributed by atoms with van der Waals surface area (Å²) < 4.78 is 2.30. The molecule has 0 radical (unpaired) electrons. The van der Waals surface area contributed by atoms with E-state index in [0.717, 1.165) is 11.6 Å². The fourth-order valence-corrected chi connectivity index (χ4v) is 2.74. The number of aromatic nitrogens is 1. The highest BCUT2D eigenvalue weighted by Crippen LogP contribution is 2.26. The molecule has 0 aliphatic heterocycles. The predicted octanol–water partition coefficient (Wildman–Crippen LogP) is 4.19. The number of nitrogens with zero attached hydrogens (tertiary/aromatic N) is 1. The van der Waals surface area contributed by atoms with Crippen LogP contribution >= 0.6 is 11.6 Å². The highest BCUT2D eigenvalue weighted by atomic mass is 35.5. The van der Waals surface area contributed by atoms with E-state index in [-0.39, 0.29) is 0 Å². The van der Waals surface area contributed by atoms with Gasteiger partial charge in [0.15, 0.2) is 0 Å². The molecule has 0 saturated carbocycles. The quantitative estimate of drug-likeness (QED) is 0.863. The summed E-state index contributed by atoms with van der Waals surface area (Å²) in [4.78, 5) is 0. The van der Waals surface area contributed by atoms with Gasteiger partial charge in [-0.2, -0.15) is 0 Å². The third-order valence-electron chi connectivity index (χ3n) is 3.44. The summed E-state index contributed by atoms with van der Waals surface area (Å²) in [5.74, 6) is 0.676. The van der Waals surface area contributed by atoms with Crippen LogP contribution in [0.2, 0.25) is 5.02 Å². The van der Waals surface area contributed by atoms with Crippen molar-refractivity contribution in [3.05, 3.63) is 35.0 Å². The van der Waals surface area contributed by atoms with Crippen LogP contribution in [0.1, 0.15) is 32.3 Å². The van der Waals surface area contributed by atoms with Gasteiger partial charge in [0.25, 0.3) is 0 Å². The van der Waals surface area contributed by atoms with Gasteiger partial charge in [0.1, 0.15) is 0 Å². The summed E-state index contributed by atoms with van der Waals surface area (Å²) in [7, 11) is 0. The van der Waals surface area contributed by atoms with Crippen molar-refractivity contribution in [1.29, 1.82) is 0 Å². The van der Waals surface area contributed by atoms with E-state index in [1.807, 2.05) is 12.1 Å². The fourth-order valence-electron chi connectivity index (χ4n) is 2.57. The molecule has 1 aromatic heterocycles. The first-order valence-electron chi connectivity index (χ1n) is 6.63. The minimum absolute atomic E-state index is 0.577. The van der Waals surface area contributed by atoms with Gasteiger partial charge in [-0.05, 0) is 30.0 Å². The van der Waals surface area contributed by atoms with Crippen LogP contribution in [0.4, 0.5) is 0 Å². The zero-order chi connectivity index (χ0) is 13.1. The lowest BCUT2D eigenvalue weighted by Crippen LogP contribution is -2.06. The van der Waals surface area contributed by atoms with Crippen LogP contribution in [0, 0.1) is 5.92 Å². The molecule has 0 spiro atoms. The molecule has 0 fully saturated rings. The molecule has 1 heterocycles. The van der Waals surface area contributed by atoms with E-state index in [9.17, 15) is 0 Å². The Hall–Kier alpha value is -0.990. The molecule has 0 bridgehead atoms. The zero-order valence-corrected chi connectivity index (χ0v) is 11.9. The second-order valence-corrected chi connectivity index (χ2v) is 5.50. The number of rotatable bonds is 5. The summed E-state index contributed by atoms with van der Waals surface area (Å²) in [6.45, 7) is 6.13. The monoisotopic (exact) mass is 264 g/mol. The molecular weight excluding hydrogens is 244 g/mol. The molecule has 2 rings (SSSR count). The van der Waals surface area contributed by atoms with E-state index >= 15 is 0 Å². The van der Waals surface area contributed by atoms with Crippen molar-refractivity contribution >= 4 is 22.5 Å². The molecule has 2 N–H and O–H groups in total. The number of benzene rings is 1. The second-order valence-electron chi connectivity index (χ2n) is 5.07. The van der Waals surface area contributed by atoms with Crippen LogP contribution in [0.25, 0.3) is 10.9 Å². The fraction of sp³-hybridized carbons (Fsp3) is 0.467. The number of fused-ring (bicyclic) bond motifs is 1. The van der Waals surface area contributed by atoms with Crippen molar-refractivity contribution in [1.82, 2.24) is 4.57 Å². The lowest BCUT2D eigenvalue weighted by Gasteiger charge is -2.12. The average molecular weight is 265 g/mol. The minimum atomic E-state index is 0.577. The Kier molecular flexibility index (Phi) is 4.31. The summed E-state index contributed by atoms with van der Waals surface area (Å²) >= 11 is 6.10. The molecule has 0 aliphatic carbocycles. The standard InChI is InChI=1S/C15H21ClN2/c1-3-4-11(2)9-18-10-12(8-17)14-6-5-13(16)7-15(14)18/h5-7,10-11H,3-4,8-9,17H2,1-2H3. The molecule has 1 unspecified atom stereocenters. The van der Waals surface area contributed by atoms with Gasteiger partial charge in [-0.15, -0.1) is 0 Å². The van der Waals surface area contributed by atoms with Gasteiger partial charge in [-0.25, -0.2) is 0 Å².